The molecule has 1 N–H and O–H groups in total. The standard InChI is InChI=1S/C29H29N3O3/c1-34-25-9-7-24(8-10-25)28-26(22-11-15-30-16-12-22)19-27(31-28)23-13-17-32(18-14-23)29(33)35-20-21-5-3-2-4-6-21/h2-12,15-16,19,23,31H,13-14,17-18,20H2,1H3. The summed E-state index contributed by atoms with van der Waals surface area (Å²) in [6.45, 7) is 1.66. The topological polar surface area (TPSA) is 67.5 Å². The van der Waals surface area contributed by atoms with Gasteiger partial charge in [0.25, 0.3) is 0 Å². The summed E-state index contributed by atoms with van der Waals surface area (Å²) in [5, 5.41) is 0. The largest absolute Gasteiger partial charge is 0.497 e. The molecule has 6 heteroatoms. The molecule has 6 nitrogen and oxygen atoms in total. The molecular formula is C29H29N3O3. The minimum absolute atomic E-state index is 0.241. The molecule has 1 fully saturated rings. The van der Waals surface area contributed by atoms with Crippen molar-refractivity contribution in [2.24, 2.45) is 0 Å². The van der Waals surface area contributed by atoms with Crippen LogP contribution in [0.2, 0.25) is 0 Å². The van der Waals surface area contributed by atoms with Gasteiger partial charge in [-0.15, -0.1) is 0 Å². The first kappa shape index (κ1) is 22.7. The fourth-order valence-electron chi connectivity index (χ4n) is 4.62. The lowest BCUT2D eigenvalue weighted by Gasteiger charge is -2.31. The molecule has 0 aliphatic carbocycles. The van der Waals surface area contributed by atoms with E-state index in [-0.39, 0.29) is 6.09 Å². The van der Waals surface area contributed by atoms with Gasteiger partial charge in [0.05, 0.1) is 12.8 Å². The van der Waals surface area contributed by atoms with Crippen molar-refractivity contribution in [1.82, 2.24) is 14.9 Å². The minimum Gasteiger partial charge on any atom is -0.497 e. The number of H-pyrrole nitrogens is 1. The molecule has 1 aliphatic rings. The maximum absolute atomic E-state index is 12.6. The Morgan fingerprint density at radius 2 is 1.69 bits per heavy atom. The molecule has 3 heterocycles. The van der Waals surface area contributed by atoms with Crippen LogP contribution in [0.4, 0.5) is 4.79 Å². The van der Waals surface area contributed by atoms with E-state index in [9.17, 15) is 4.79 Å². The first-order chi connectivity index (χ1) is 17.2. The number of aromatic amines is 1. The van der Waals surface area contributed by atoms with Crippen LogP contribution in [-0.2, 0) is 11.3 Å². The summed E-state index contributed by atoms with van der Waals surface area (Å²) in [5.74, 6) is 1.18. The van der Waals surface area contributed by atoms with E-state index in [1.54, 1.807) is 7.11 Å². The normalized spacial score (nSPS) is 14.0. The van der Waals surface area contributed by atoms with E-state index < -0.39 is 0 Å². The van der Waals surface area contributed by atoms with Crippen molar-refractivity contribution in [3.05, 3.63) is 96.4 Å². The zero-order chi connectivity index (χ0) is 24.0. The van der Waals surface area contributed by atoms with Crippen molar-refractivity contribution in [3.8, 4) is 28.1 Å². The maximum Gasteiger partial charge on any atom is 0.410 e. The van der Waals surface area contributed by atoms with Gasteiger partial charge in [-0.3, -0.25) is 4.98 Å². The molecule has 0 bridgehead atoms. The lowest BCUT2D eigenvalue weighted by molar-refractivity contribution is 0.0868. The van der Waals surface area contributed by atoms with E-state index >= 15 is 0 Å². The van der Waals surface area contributed by atoms with Crippen LogP contribution in [0.5, 0.6) is 5.75 Å². The Balaban J connectivity index is 1.30. The number of amides is 1. The van der Waals surface area contributed by atoms with Crippen LogP contribution < -0.4 is 4.74 Å². The van der Waals surface area contributed by atoms with Crippen molar-refractivity contribution in [3.63, 3.8) is 0 Å². The smallest absolute Gasteiger partial charge is 0.410 e. The molecule has 1 amide bonds. The van der Waals surface area contributed by atoms with Crippen molar-refractivity contribution >= 4 is 6.09 Å². The molecule has 2 aromatic carbocycles. The number of ether oxygens (including phenoxy) is 2. The molecule has 0 saturated carbocycles. The van der Waals surface area contributed by atoms with Gasteiger partial charge >= 0.3 is 6.09 Å². The first-order valence-corrected chi connectivity index (χ1v) is 11.9. The monoisotopic (exact) mass is 467 g/mol. The van der Waals surface area contributed by atoms with Gasteiger partial charge in [0.1, 0.15) is 12.4 Å². The predicted molar refractivity (Wildman–Crippen MR) is 136 cm³/mol. The zero-order valence-corrected chi connectivity index (χ0v) is 19.8. The van der Waals surface area contributed by atoms with Crippen LogP contribution in [0.15, 0.2) is 85.2 Å². The molecule has 1 saturated heterocycles. The van der Waals surface area contributed by atoms with Crippen LogP contribution in [0.3, 0.4) is 0 Å². The van der Waals surface area contributed by atoms with Crippen LogP contribution in [0, 0.1) is 0 Å². The van der Waals surface area contributed by atoms with Gasteiger partial charge in [0, 0.05) is 42.7 Å². The molecule has 0 spiro atoms. The summed E-state index contributed by atoms with van der Waals surface area (Å²) >= 11 is 0. The highest BCUT2D eigenvalue weighted by Gasteiger charge is 2.27. The van der Waals surface area contributed by atoms with Gasteiger partial charge in [0.2, 0.25) is 0 Å². The van der Waals surface area contributed by atoms with Gasteiger partial charge in [-0.1, -0.05) is 30.3 Å². The molecule has 0 radical (unpaired) electrons. The third-order valence-corrected chi connectivity index (χ3v) is 6.61. The van der Waals surface area contributed by atoms with E-state index in [4.69, 9.17) is 9.47 Å². The molecule has 0 unspecified atom stereocenters. The molecule has 1 aliphatic heterocycles. The Morgan fingerprint density at radius 1 is 0.971 bits per heavy atom. The van der Waals surface area contributed by atoms with Gasteiger partial charge < -0.3 is 19.4 Å². The highest BCUT2D eigenvalue weighted by atomic mass is 16.6. The maximum atomic E-state index is 12.6. The summed E-state index contributed by atoms with van der Waals surface area (Å²) in [5.41, 5.74) is 6.65. The van der Waals surface area contributed by atoms with Crippen LogP contribution in [-0.4, -0.2) is 41.2 Å². The zero-order valence-electron chi connectivity index (χ0n) is 19.8. The summed E-state index contributed by atoms with van der Waals surface area (Å²) in [6.07, 6.45) is 5.17. The second kappa shape index (κ2) is 10.5. The number of hydrogen-bond donors (Lipinski definition) is 1. The molecule has 4 aromatic rings. The van der Waals surface area contributed by atoms with Crippen molar-refractivity contribution in [2.45, 2.75) is 25.4 Å². The van der Waals surface area contributed by atoms with E-state index in [2.05, 4.69) is 28.2 Å². The van der Waals surface area contributed by atoms with Gasteiger partial charge in [0.15, 0.2) is 0 Å². The number of hydrogen-bond acceptors (Lipinski definition) is 4. The number of nitrogens with one attached hydrogen (secondary N) is 1. The molecule has 5 rings (SSSR count). The summed E-state index contributed by atoms with van der Waals surface area (Å²) in [6, 6.07) is 24.2. The number of carbonyl (C=O) groups excluding carboxylic acids is 1. The SMILES string of the molecule is COc1ccc(-c2[nH]c(C3CCN(C(=O)OCc4ccccc4)CC3)cc2-c2ccncc2)cc1. The van der Waals surface area contributed by atoms with E-state index in [0.29, 0.717) is 25.6 Å². The second-order valence-electron chi connectivity index (χ2n) is 8.78. The number of piperidine rings is 1. The summed E-state index contributed by atoms with van der Waals surface area (Å²) in [7, 11) is 1.67. The predicted octanol–water partition coefficient (Wildman–Crippen LogP) is 6.27. The van der Waals surface area contributed by atoms with Crippen molar-refractivity contribution < 1.29 is 14.3 Å². The fraction of sp³-hybridized carbons (Fsp3) is 0.241. The lowest BCUT2D eigenvalue weighted by atomic mass is 9.93. The Kier molecular flexibility index (Phi) is 6.80. The number of aromatic nitrogens is 2. The third-order valence-electron chi connectivity index (χ3n) is 6.61. The summed E-state index contributed by atoms with van der Waals surface area (Å²) < 4.78 is 10.9. The number of likely N-dealkylation sites (tertiary alicyclic amines) is 1. The number of methoxy groups -OCH3 is 1. The number of pyridine rings is 1. The Labute approximate surface area is 205 Å². The highest BCUT2D eigenvalue weighted by molar-refractivity contribution is 5.82. The Hall–Kier alpha value is -4.06. The van der Waals surface area contributed by atoms with Crippen LogP contribution >= 0.6 is 0 Å². The lowest BCUT2D eigenvalue weighted by Crippen LogP contribution is -2.38. The Bertz CT molecular complexity index is 1250. The molecule has 178 valence electrons. The molecule has 2 aromatic heterocycles. The van der Waals surface area contributed by atoms with Crippen molar-refractivity contribution in [1.29, 1.82) is 0 Å². The van der Waals surface area contributed by atoms with E-state index in [1.165, 1.54) is 5.69 Å². The van der Waals surface area contributed by atoms with Gasteiger partial charge in [-0.05, 0) is 72.0 Å². The number of carbonyl (C=O) groups is 1. The van der Waals surface area contributed by atoms with Gasteiger partial charge in [-0.2, -0.15) is 0 Å². The summed E-state index contributed by atoms with van der Waals surface area (Å²) in [4.78, 5) is 22.3. The molecular weight excluding hydrogens is 438 g/mol. The number of benzene rings is 2. The Morgan fingerprint density at radius 3 is 2.37 bits per heavy atom. The second-order valence-corrected chi connectivity index (χ2v) is 8.78. The van der Waals surface area contributed by atoms with Crippen LogP contribution in [0.25, 0.3) is 22.4 Å². The quantitative estimate of drug-likeness (QED) is 0.363. The van der Waals surface area contributed by atoms with E-state index in [0.717, 1.165) is 46.5 Å². The third kappa shape index (κ3) is 5.22. The molecule has 0 atom stereocenters. The number of nitrogens with zero attached hydrogens (tertiary/aromatic N) is 2. The first-order valence-electron chi connectivity index (χ1n) is 11.9. The minimum atomic E-state index is -0.241. The van der Waals surface area contributed by atoms with Crippen LogP contribution in [0.1, 0.15) is 30.0 Å². The average molecular weight is 468 g/mol. The highest BCUT2D eigenvalue weighted by Crippen LogP contribution is 2.37. The van der Waals surface area contributed by atoms with Crippen molar-refractivity contribution in [2.75, 3.05) is 20.2 Å². The average Bonchev–Trinajstić information content (AvgIpc) is 3.38. The fourth-order valence-corrected chi connectivity index (χ4v) is 4.62. The molecule has 35 heavy (non-hydrogen) atoms. The van der Waals surface area contributed by atoms with E-state index in [1.807, 2.05) is 71.9 Å². The van der Waals surface area contributed by atoms with Gasteiger partial charge in [-0.25, -0.2) is 4.79 Å². The number of rotatable bonds is 6.